The second-order valence-corrected chi connectivity index (χ2v) is 5.96. The maximum absolute atomic E-state index is 12.9. The van der Waals surface area contributed by atoms with E-state index in [2.05, 4.69) is 20.8 Å². The fraction of sp³-hybridized carbons (Fsp3) is 1.00. The summed E-state index contributed by atoms with van der Waals surface area (Å²) in [4.78, 5) is 0. The van der Waals surface area contributed by atoms with Crippen LogP contribution in [0.15, 0.2) is 0 Å². The van der Waals surface area contributed by atoms with E-state index in [0.29, 0.717) is 19.3 Å². The first kappa shape index (κ1) is 9.48. The van der Waals surface area contributed by atoms with Gasteiger partial charge in [-0.2, -0.15) is 0 Å². The Morgan fingerprint density at radius 3 is 1.62 bits per heavy atom. The van der Waals surface area contributed by atoms with E-state index in [-0.39, 0.29) is 10.8 Å². The minimum atomic E-state index is -2.96. The number of hydrogen-bond donors (Lipinski definition) is 0. The van der Waals surface area contributed by atoms with Crippen LogP contribution in [0.4, 0.5) is 8.78 Å². The van der Waals surface area contributed by atoms with Gasteiger partial charge in [-0.05, 0) is 30.1 Å². The van der Waals surface area contributed by atoms with Crippen molar-refractivity contribution in [1.29, 1.82) is 0 Å². The number of hydrogen-bond acceptors (Lipinski definition) is 0. The van der Waals surface area contributed by atoms with Gasteiger partial charge in [-0.1, -0.05) is 20.8 Å². The number of rotatable bonds is 1. The van der Waals surface area contributed by atoms with Gasteiger partial charge in [0.15, 0.2) is 7.85 Å². The minimum Gasteiger partial charge on any atom is -0.219 e. The highest BCUT2D eigenvalue weighted by molar-refractivity contribution is 6.14. The Hall–Kier alpha value is -0.0751. The molecule has 3 heteroatoms. The molecule has 0 spiro atoms. The zero-order valence-electron chi connectivity index (χ0n) is 8.45. The third-order valence-corrected chi connectivity index (χ3v) is 4.33. The fourth-order valence-corrected chi connectivity index (χ4v) is 2.94. The molecular weight excluding hydrogens is 169 g/mol. The molecule has 3 saturated carbocycles. The number of halogens is 2. The SMILES string of the molecule is [B]C(F)(F)C12CC(C(C)(C)C)(C1)C2. The molecular formula is C10H15BF2. The molecule has 3 aliphatic carbocycles. The van der Waals surface area contributed by atoms with Gasteiger partial charge in [-0.25, -0.2) is 8.78 Å². The van der Waals surface area contributed by atoms with Gasteiger partial charge in [0.1, 0.15) is 0 Å². The van der Waals surface area contributed by atoms with Crippen molar-refractivity contribution in [2.45, 2.75) is 45.9 Å². The van der Waals surface area contributed by atoms with Gasteiger partial charge in [-0.15, -0.1) is 0 Å². The normalized spacial score (nSPS) is 43.8. The third-order valence-electron chi connectivity index (χ3n) is 4.33. The lowest BCUT2D eigenvalue weighted by atomic mass is 9.26. The van der Waals surface area contributed by atoms with Crippen LogP contribution in [0, 0.1) is 16.2 Å². The smallest absolute Gasteiger partial charge is 0.205 e. The molecule has 0 aromatic heterocycles. The van der Waals surface area contributed by atoms with E-state index in [1.54, 1.807) is 0 Å². The van der Waals surface area contributed by atoms with E-state index in [1.807, 2.05) is 0 Å². The second kappa shape index (κ2) is 1.96. The highest BCUT2D eigenvalue weighted by Gasteiger charge is 2.77. The van der Waals surface area contributed by atoms with Crippen molar-refractivity contribution in [3.63, 3.8) is 0 Å². The molecule has 72 valence electrons. The molecule has 0 N–H and O–H groups in total. The lowest BCUT2D eigenvalue weighted by molar-refractivity contribution is -0.321. The zero-order chi connectivity index (χ0) is 10.1. The van der Waals surface area contributed by atoms with E-state index >= 15 is 0 Å². The predicted octanol–water partition coefficient (Wildman–Crippen LogP) is 2.96. The molecule has 0 aliphatic heterocycles. The molecule has 2 radical (unpaired) electrons. The van der Waals surface area contributed by atoms with Crippen LogP contribution in [0.1, 0.15) is 40.0 Å². The Balaban J connectivity index is 2.09. The van der Waals surface area contributed by atoms with Gasteiger partial charge in [0.05, 0.1) is 0 Å². The van der Waals surface area contributed by atoms with Crippen LogP contribution in [0.3, 0.4) is 0 Å². The highest BCUT2D eigenvalue weighted by atomic mass is 19.3. The first-order valence-electron chi connectivity index (χ1n) is 4.79. The highest BCUT2D eigenvalue weighted by Crippen LogP contribution is 2.82. The van der Waals surface area contributed by atoms with E-state index in [1.165, 1.54) is 0 Å². The monoisotopic (exact) mass is 184 g/mol. The topological polar surface area (TPSA) is 0 Å². The molecule has 0 saturated heterocycles. The van der Waals surface area contributed by atoms with Gasteiger partial charge in [0.25, 0.3) is 0 Å². The maximum atomic E-state index is 12.9. The Labute approximate surface area is 79.5 Å². The van der Waals surface area contributed by atoms with E-state index in [4.69, 9.17) is 7.85 Å². The van der Waals surface area contributed by atoms with Gasteiger partial charge < -0.3 is 0 Å². The standard InChI is InChI=1S/C10H15BF2/c1-7(2,3)8-4-9(5-8,6-8)10(11,12)13/h4-6H2,1-3H3. The second-order valence-electron chi connectivity index (χ2n) is 5.96. The predicted molar refractivity (Wildman–Crippen MR) is 48.9 cm³/mol. The molecule has 0 unspecified atom stereocenters. The molecule has 0 heterocycles. The first-order valence-corrected chi connectivity index (χ1v) is 4.79. The van der Waals surface area contributed by atoms with Crippen molar-refractivity contribution in [1.82, 2.24) is 0 Å². The molecule has 3 fully saturated rings. The quantitative estimate of drug-likeness (QED) is 0.549. The molecule has 0 aromatic carbocycles. The summed E-state index contributed by atoms with van der Waals surface area (Å²) in [6.45, 7) is 6.39. The molecule has 0 atom stereocenters. The Morgan fingerprint density at radius 2 is 1.38 bits per heavy atom. The van der Waals surface area contributed by atoms with Gasteiger partial charge in [0.2, 0.25) is 5.82 Å². The summed E-state index contributed by atoms with van der Waals surface area (Å²) >= 11 is 0. The molecule has 0 aromatic rings. The minimum absolute atomic E-state index is 0.153. The van der Waals surface area contributed by atoms with Crippen LogP contribution < -0.4 is 0 Å². The van der Waals surface area contributed by atoms with Gasteiger partial charge in [0, 0.05) is 5.41 Å². The van der Waals surface area contributed by atoms with Crippen LogP contribution in [0.2, 0.25) is 0 Å². The van der Waals surface area contributed by atoms with Crippen LogP contribution in [-0.2, 0) is 0 Å². The van der Waals surface area contributed by atoms with Crippen LogP contribution in [-0.4, -0.2) is 13.7 Å². The molecule has 3 aliphatic rings. The maximum Gasteiger partial charge on any atom is 0.205 e. The lowest BCUT2D eigenvalue weighted by Gasteiger charge is -2.77. The average Bonchev–Trinajstić information content (AvgIpc) is 1.41. The molecule has 13 heavy (non-hydrogen) atoms. The molecule has 0 nitrogen and oxygen atoms in total. The van der Waals surface area contributed by atoms with E-state index < -0.39 is 11.2 Å². The fourth-order valence-electron chi connectivity index (χ4n) is 2.94. The van der Waals surface area contributed by atoms with Crippen LogP contribution in [0.25, 0.3) is 0 Å². The van der Waals surface area contributed by atoms with Crippen molar-refractivity contribution >= 4 is 7.85 Å². The Morgan fingerprint density at radius 1 is 1.00 bits per heavy atom. The van der Waals surface area contributed by atoms with Crippen molar-refractivity contribution in [2.24, 2.45) is 16.2 Å². The molecule has 2 bridgehead atoms. The zero-order valence-corrected chi connectivity index (χ0v) is 8.45. The van der Waals surface area contributed by atoms with Gasteiger partial charge in [-0.3, -0.25) is 0 Å². The summed E-state index contributed by atoms with van der Waals surface area (Å²) in [5.41, 5.74) is -0.518. The number of alkyl halides is 2. The summed E-state index contributed by atoms with van der Waals surface area (Å²) in [5.74, 6) is -2.96. The summed E-state index contributed by atoms with van der Waals surface area (Å²) < 4.78 is 25.9. The Bertz CT molecular complexity index is 203. The van der Waals surface area contributed by atoms with Crippen molar-refractivity contribution in [3.8, 4) is 0 Å². The van der Waals surface area contributed by atoms with Crippen molar-refractivity contribution in [3.05, 3.63) is 0 Å². The third kappa shape index (κ3) is 0.910. The molecule has 3 rings (SSSR count). The first-order chi connectivity index (χ1) is 5.62. The lowest BCUT2D eigenvalue weighted by Crippen LogP contribution is -2.73. The van der Waals surface area contributed by atoms with Crippen LogP contribution >= 0.6 is 0 Å². The Kier molecular flexibility index (Phi) is 1.43. The van der Waals surface area contributed by atoms with E-state index in [0.717, 1.165) is 0 Å². The molecule has 0 amide bonds. The van der Waals surface area contributed by atoms with Gasteiger partial charge >= 0.3 is 0 Å². The summed E-state index contributed by atoms with van der Waals surface area (Å²) in [6.07, 6.45) is 1.85. The van der Waals surface area contributed by atoms with Crippen molar-refractivity contribution < 1.29 is 8.78 Å². The summed E-state index contributed by atoms with van der Waals surface area (Å²) in [7, 11) is 4.88. The van der Waals surface area contributed by atoms with Crippen LogP contribution in [0.5, 0.6) is 0 Å². The summed E-state index contributed by atoms with van der Waals surface area (Å²) in [6, 6.07) is 0. The largest absolute Gasteiger partial charge is 0.219 e. The van der Waals surface area contributed by atoms with E-state index in [9.17, 15) is 8.78 Å². The van der Waals surface area contributed by atoms with Crippen molar-refractivity contribution in [2.75, 3.05) is 0 Å². The summed E-state index contributed by atoms with van der Waals surface area (Å²) in [5, 5.41) is 0. The average molecular weight is 184 g/mol.